The number of carbonyl (C=O) groups excluding carboxylic acids is 1. The average Bonchev–Trinajstić information content (AvgIpc) is 3.56. The summed E-state index contributed by atoms with van der Waals surface area (Å²) in [5.74, 6) is -0.0140. The molecule has 3 N–H and O–H groups in total. The van der Waals surface area contributed by atoms with E-state index in [0.717, 1.165) is 45.0 Å². The van der Waals surface area contributed by atoms with Gasteiger partial charge in [0.25, 0.3) is 0 Å². The second kappa shape index (κ2) is 9.97. The number of rotatable bonds is 7. The smallest absolute Gasteiger partial charge is 0.224 e. The molecule has 0 bridgehead atoms. The molecule has 5 aromatic heterocycles. The predicted molar refractivity (Wildman–Crippen MR) is 148 cm³/mol. The average molecular weight is 522 g/mol. The molecule has 1 amide bonds. The Morgan fingerprint density at radius 2 is 1.82 bits per heavy atom. The van der Waals surface area contributed by atoms with Crippen LogP contribution in [0.3, 0.4) is 0 Å². The van der Waals surface area contributed by atoms with Crippen molar-refractivity contribution in [3.05, 3.63) is 73.2 Å². The van der Waals surface area contributed by atoms with E-state index in [1.165, 1.54) is 19.2 Å². The Kier molecular flexibility index (Phi) is 6.20. The van der Waals surface area contributed by atoms with Gasteiger partial charge in [0.2, 0.25) is 5.91 Å². The Bertz CT molecular complexity index is 1840. The normalized spacial score (nSPS) is 11.3. The molecule has 39 heavy (non-hydrogen) atoms. The minimum Gasteiger partial charge on any atom is -0.497 e. The third kappa shape index (κ3) is 4.68. The van der Waals surface area contributed by atoms with Crippen molar-refractivity contribution in [3.8, 4) is 39.5 Å². The van der Waals surface area contributed by atoms with Crippen molar-refractivity contribution >= 4 is 33.4 Å². The van der Waals surface area contributed by atoms with Gasteiger partial charge in [-0.05, 0) is 42.3 Å². The second-order valence-corrected chi connectivity index (χ2v) is 9.16. The number of methoxy groups -OCH3 is 1. The minimum atomic E-state index is -0.390. The van der Waals surface area contributed by atoms with Crippen LogP contribution in [0.1, 0.15) is 19.8 Å². The number of halogens is 1. The molecule has 0 aliphatic rings. The Balaban J connectivity index is 1.40. The van der Waals surface area contributed by atoms with Gasteiger partial charge in [0.1, 0.15) is 17.3 Å². The molecule has 0 unspecified atom stereocenters. The zero-order valence-corrected chi connectivity index (χ0v) is 21.2. The summed E-state index contributed by atoms with van der Waals surface area (Å²) in [5, 5.41) is 12.2. The lowest BCUT2D eigenvalue weighted by molar-refractivity contribution is -0.116. The maximum Gasteiger partial charge on any atom is 0.224 e. The lowest BCUT2D eigenvalue weighted by Gasteiger charge is -2.06. The van der Waals surface area contributed by atoms with Gasteiger partial charge >= 0.3 is 0 Å². The van der Waals surface area contributed by atoms with Crippen LogP contribution >= 0.6 is 0 Å². The van der Waals surface area contributed by atoms with E-state index in [1.54, 1.807) is 37.1 Å². The van der Waals surface area contributed by atoms with Crippen molar-refractivity contribution in [2.24, 2.45) is 0 Å². The van der Waals surface area contributed by atoms with Crippen LogP contribution in [0.5, 0.6) is 5.75 Å². The van der Waals surface area contributed by atoms with Crippen molar-refractivity contribution in [1.82, 2.24) is 30.1 Å². The second-order valence-electron chi connectivity index (χ2n) is 9.16. The molecular formula is C29H24FN7O2. The van der Waals surface area contributed by atoms with E-state index in [2.05, 4.69) is 35.5 Å². The topological polar surface area (TPSA) is 121 Å². The monoisotopic (exact) mass is 521 g/mol. The van der Waals surface area contributed by atoms with Crippen LogP contribution < -0.4 is 10.1 Å². The lowest BCUT2D eigenvalue weighted by atomic mass is 10.0. The molecule has 9 nitrogen and oxygen atoms in total. The van der Waals surface area contributed by atoms with Crippen LogP contribution in [-0.2, 0) is 4.79 Å². The summed E-state index contributed by atoms with van der Waals surface area (Å²) in [4.78, 5) is 28.6. The highest BCUT2D eigenvalue weighted by Gasteiger charge is 2.16. The zero-order chi connectivity index (χ0) is 26.9. The first-order chi connectivity index (χ1) is 19.0. The number of fused-ring (bicyclic) bond motifs is 2. The van der Waals surface area contributed by atoms with Gasteiger partial charge in [-0.25, -0.2) is 4.39 Å². The number of amides is 1. The molecule has 0 aliphatic carbocycles. The van der Waals surface area contributed by atoms with Gasteiger partial charge in [-0.2, -0.15) is 5.10 Å². The third-order valence-corrected chi connectivity index (χ3v) is 6.46. The van der Waals surface area contributed by atoms with Crippen molar-refractivity contribution in [2.75, 3.05) is 12.4 Å². The fourth-order valence-corrected chi connectivity index (χ4v) is 4.62. The van der Waals surface area contributed by atoms with Crippen molar-refractivity contribution < 1.29 is 13.9 Å². The summed E-state index contributed by atoms with van der Waals surface area (Å²) in [5.41, 5.74) is 6.52. The molecule has 1 aromatic carbocycles. The summed E-state index contributed by atoms with van der Waals surface area (Å²) in [7, 11) is 1.51. The molecule has 0 radical (unpaired) electrons. The van der Waals surface area contributed by atoms with E-state index in [0.29, 0.717) is 34.8 Å². The van der Waals surface area contributed by atoms with Crippen LogP contribution in [-0.4, -0.2) is 43.2 Å². The van der Waals surface area contributed by atoms with Gasteiger partial charge in [-0.3, -0.25) is 24.8 Å². The Labute approximate surface area is 222 Å². The maximum atomic E-state index is 14.2. The quantitative estimate of drug-likeness (QED) is 0.233. The number of anilines is 1. The standard InChI is InChI=1S/C29H24FN7O2/c1-3-4-28(38)34-19-6-17(11-31-12-19)24-10-22-27(15-33-24)36-37-29(22)25-9-21-23(13-32-14-26(21)35-25)16-5-18(30)8-20(7-16)39-2/h5-15,35H,3-4H2,1-2H3,(H,34,38)(H,36,37). The van der Waals surface area contributed by atoms with Gasteiger partial charge in [-0.15, -0.1) is 0 Å². The van der Waals surface area contributed by atoms with Crippen LogP contribution in [0, 0.1) is 5.82 Å². The minimum absolute atomic E-state index is 0.0543. The van der Waals surface area contributed by atoms with Crippen LogP contribution in [0.15, 0.2) is 67.4 Å². The highest BCUT2D eigenvalue weighted by Crippen LogP contribution is 2.35. The first-order valence-corrected chi connectivity index (χ1v) is 12.4. The fourth-order valence-electron chi connectivity index (χ4n) is 4.62. The molecule has 0 saturated carbocycles. The van der Waals surface area contributed by atoms with E-state index >= 15 is 0 Å². The van der Waals surface area contributed by atoms with E-state index in [4.69, 9.17) is 4.74 Å². The third-order valence-electron chi connectivity index (χ3n) is 6.46. The summed E-state index contributed by atoms with van der Waals surface area (Å²) >= 11 is 0. The molecule has 194 valence electrons. The number of nitrogens with one attached hydrogen (secondary N) is 3. The summed E-state index contributed by atoms with van der Waals surface area (Å²) in [6.45, 7) is 1.96. The molecule has 5 heterocycles. The predicted octanol–water partition coefficient (Wildman–Crippen LogP) is 6.12. The highest BCUT2D eigenvalue weighted by atomic mass is 19.1. The fraction of sp³-hybridized carbons (Fsp3) is 0.138. The summed E-state index contributed by atoms with van der Waals surface area (Å²) in [6, 6.07) is 10.3. The van der Waals surface area contributed by atoms with Crippen molar-refractivity contribution in [1.29, 1.82) is 0 Å². The Morgan fingerprint density at radius 1 is 0.949 bits per heavy atom. The number of benzene rings is 1. The van der Waals surface area contributed by atoms with E-state index in [9.17, 15) is 9.18 Å². The molecule has 6 rings (SSSR count). The Hall–Kier alpha value is -5.12. The first kappa shape index (κ1) is 24.2. The number of aromatic nitrogens is 6. The van der Waals surface area contributed by atoms with Crippen molar-refractivity contribution in [3.63, 3.8) is 0 Å². The maximum absolute atomic E-state index is 14.2. The number of H-pyrrole nitrogens is 2. The number of hydrogen-bond donors (Lipinski definition) is 3. The zero-order valence-electron chi connectivity index (χ0n) is 21.2. The SMILES string of the molecule is CCCC(=O)Nc1cncc(-c2cc3c(-c4cc5c(-c6cc(F)cc(OC)c6)cncc5[nH]4)n[nH]c3cn2)c1. The first-order valence-electron chi connectivity index (χ1n) is 12.4. The van der Waals surface area contributed by atoms with Crippen LogP contribution in [0.25, 0.3) is 55.6 Å². The van der Waals surface area contributed by atoms with Gasteiger partial charge in [0.05, 0.1) is 53.8 Å². The molecule has 6 aromatic rings. The number of hydrogen-bond acceptors (Lipinski definition) is 6. The van der Waals surface area contributed by atoms with E-state index < -0.39 is 0 Å². The van der Waals surface area contributed by atoms with Gasteiger partial charge in [0.15, 0.2) is 0 Å². The largest absolute Gasteiger partial charge is 0.497 e. The number of aromatic amines is 2. The molecule has 0 saturated heterocycles. The summed E-state index contributed by atoms with van der Waals surface area (Å²) < 4.78 is 19.5. The molecule has 0 aliphatic heterocycles. The van der Waals surface area contributed by atoms with Crippen LogP contribution in [0.4, 0.5) is 10.1 Å². The molecule has 0 fully saturated rings. The number of ether oxygens (including phenoxy) is 1. The van der Waals surface area contributed by atoms with E-state index in [-0.39, 0.29) is 11.7 Å². The number of carbonyl (C=O) groups is 1. The van der Waals surface area contributed by atoms with Crippen LogP contribution in [0.2, 0.25) is 0 Å². The molecule has 0 spiro atoms. The Morgan fingerprint density at radius 3 is 2.67 bits per heavy atom. The van der Waals surface area contributed by atoms with Gasteiger partial charge in [-0.1, -0.05) is 6.92 Å². The molecule has 0 atom stereocenters. The van der Waals surface area contributed by atoms with Gasteiger partial charge in [0, 0.05) is 46.8 Å². The number of nitrogens with zero attached hydrogens (tertiary/aromatic N) is 4. The summed E-state index contributed by atoms with van der Waals surface area (Å²) in [6.07, 6.45) is 9.69. The molecular weight excluding hydrogens is 497 g/mol. The van der Waals surface area contributed by atoms with E-state index in [1.807, 2.05) is 25.1 Å². The number of pyridine rings is 3. The molecule has 10 heteroatoms. The van der Waals surface area contributed by atoms with Gasteiger partial charge < -0.3 is 15.0 Å². The lowest BCUT2D eigenvalue weighted by Crippen LogP contribution is -2.10. The van der Waals surface area contributed by atoms with Crippen molar-refractivity contribution in [2.45, 2.75) is 19.8 Å². The highest BCUT2D eigenvalue weighted by molar-refractivity contribution is 6.01.